The molecule has 0 fully saturated rings. The van der Waals surface area contributed by atoms with Crippen molar-refractivity contribution in [3.8, 4) is 11.8 Å². The maximum absolute atomic E-state index is 11.3. The van der Waals surface area contributed by atoms with Gasteiger partial charge in [-0.25, -0.2) is 19.9 Å². The molecule has 14 heteroatoms. The van der Waals surface area contributed by atoms with Crippen LogP contribution < -0.4 is 10.6 Å². The van der Waals surface area contributed by atoms with Crippen molar-refractivity contribution < 1.29 is 20.1 Å². The molecule has 0 aliphatic carbocycles. The molecule has 14 nitrogen and oxygen atoms in total. The fraction of sp³-hybridized carbons (Fsp3) is 0. The van der Waals surface area contributed by atoms with Gasteiger partial charge in [-0.15, -0.1) is 0 Å². The number of benzene rings is 3. The normalized spacial score (nSPS) is 10.9. The Hall–Kier alpha value is -5.66. The molecule has 0 saturated heterocycles. The minimum atomic E-state index is -0.594. The highest BCUT2D eigenvalue weighted by molar-refractivity contribution is 6.02. The number of non-ortho nitro benzene ring substituents is 2. The molecule has 0 atom stereocenters. The van der Waals surface area contributed by atoms with Gasteiger partial charge in [0.15, 0.2) is 11.0 Å². The van der Waals surface area contributed by atoms with Gasteiger partial charge < -0.3 is 20.8 Å². The Bertz CT molecular complexity index is 1550. The summed E-state index contributed by atoms with van der Waals surface area (Å²) in [5, 5.41) is 49.4. The van der Waals surface area contributed by atoms with E-state index in [1.165, 1.54) is 24.3 Å². The van der Waals surface area contributed by atoms with Crippen LogP contribution in [-0.2, 0) is 0 Å². The lowest BCUT2D eigenvalue weighted by Crippen LogP contribution is -1.99. The number of fused-ring (bicyclic) bond motifs is 2. The van der Waals surface area contributed by atoms with Crippen molar-refractivity contribution in [1.82, 2.24) is 19.9 Å². The number of aromatic nitrogens is 4. The van der Waals surface area contributed by atoms with Gasteiger partial charge in [0.1, 0.15) is 12.7 Å². The van der Waals surface area contributed by atoms with Crippen LogP contribution in [0, 0.1) is 20.2 Å². The van der Waals surface area contributed by atoms with E-state index >= 15 is 0 Å². The van der Waals surface area contributed by atoms with Crippen LogP contribution >= 0.6 is 0 Å². The summed E-state index contributed by atoms with van der Waals surface area (Å²) < 4.78 is 0. The van der Waals surface area contributed by atoms with E-state index in [-0.39, 0.29) is 33.2 Å². The number of aromatic hydroxyl groups is 2. The number of nitro groups is 2. The topological polar surface area (TPSA) is 202 Å². The highest BCUT2D eigenvalue weighted by Gasteiger charge is 2.20. The molecular formula is C22H14N8O6. The lowest BCUT2D eigenvalue weighted by atomic mass is 10.1. The van der Waals surface area contributed by atoms with Gasteiger partial charge >= 0.3 is 0 Å². The molecule has 0 aliphatic heterocycles. The molecule has 0 amide bonds. The van der Waals surface area contributed by atoms with Gasteiger partial charge in [0, 0.05) is 23.5 Å². The summed E-state index contributed by atoms with van der Waals surface area (Å²) in [4.78, 5) is 36.8. The van der Waals surface area contributed by atoms with E-state index in [0.29, 0.717) is 22.7 Å². The molecule has 0 saturated carbocycles. The number of hydrogen-bond donors (Lipinski definition) is 4. The molecule has 4 N–H and O–H groups in total. The van der Waals surface area contributed by atoms with E-state index < -0.39 is 21.6 Å². The molecule has 5 rings (SSSR count). The minimum Gasteiger partial charge on any atom is -0.493 e. The Kier molecular flexibility index (Phi) is 5.29. The van der Waals surface area contributed by atoms with Gasteiger partial charge in [0.05, 0.1) is 32.0 Å². The Morgan fingerprint density at radius 2 is 1.00 bits per heavy atom. The molecule has 5 aromatic rings. The molecular weight excluding hydrogens is 472 g/mol. The summed E-state index contributed by atoms with van der Waals surface area (Å²) in [6.45, 7) is 0. The maximum atomic E-state index is 11.3. The van der Waals surface area contributed by atoms with E-state index in [4.69, 9.17) is 0 Å². The lowest BCUT2D eigenvalue weighted by molar-refractivity contribution is -0.383. The second kappa shape index (κ2) is 8.60. The zero-order valence-electron chi connectivity index (χ0n) is 18.0. The van der Waals surface area contributed by atoms with Crippen LogP contribution in [0.25, 0.3) is 21.8 Å². The summed E-state index contributed by atoms with van der Waals surface area (Å²) in [5.41, 5.74) is 1.32. The van der Waals surface area contributed by atoms with Crippen molar-refractivity contribution in [2.75, 3.05) is 10.6 Å². The molecule has 3 aromatic carbocycles. The largest absolute Gasteiger partial charge is 0.493 e. The van der Waals surface area contributed by atoms with Crippen LogP contribution in [0.15, 0.2) is 61.2 Å². The second-order valence-corrected chi connectivity index (χ2v) is 7.45. The monoisotopic (exact) mass is 486 g/mol. The van der Waals surface area contributed by atoms with Gasteiger partial charge in [-0.05, 0) is 36.4 Å². The SMILES string of the molecule is O=[N+]([O-])c1ccc(Nc2ccc(Nc3ccc([N+](=O)[O-])c4ncnc(O)c34)cc2)c2c(O)ncnc12. The van der Waals surface area contributed by atoms with E-state index in [2.05, 4.69) is 30.6 Å². The summed E-state index contributed by atoms with van der Waals surface area (Å²) in [7, 11) is 0. The van der Waals surface area contributed by atoms with E-state index in [1.54, 1.807) is 24.3 Å². The van der Waals surface area contributed by atoms with Gasteiger partial charge in [-0.1, -0.05) is 0 Å². The zero-order chi connectivity index (χ0) is 25.4. The van der Waals surface area contributed by atoms with E-state index in [1.807, 2.05) is 0 Å². The maximum Gasteiger partial charge on any atom is 0.295 e. The van der Waals surface area contributed by atoms with Crippen molar-refractivity contribution in [2.24, 2.45) is 0 Å². The van der Waals surface area contributed by atoms with Gasteiger partial charge in [0.25, 0.3) is 11.4 Å². The molecule has 0 spiro atoms. The second-order valence-electron chi connectivity index (χ2n) is 7.45. The van der Waals surface area contributed by atoms with Crippen LogP contribution in [0.4, 0.5) is 34.1 Å². The number of rotatable bonds is 6. The first-order valence-electron chi connectivity index (χ1n) is 10.2. The third-order valence-corrected chi connectivity index (χ3v) is 5.33. The molecule has 0 bridgehead atoms. The van der Waals surface area contributed by atoms with Crippen molar-refractivity contribution in [2.45, 2.75) is 0 Å². The van der Waals surface area contributed by atoms with Crippen molar-refractivity contribution >= 4 is 55.9 Å². The van der Waals surface area contributed by atoms with Gasteiger partial charge in [-0.3, -0.25) is 20.2 Å². The molecule has 0 unspecified atom stereocenters. The number of anilines is 4. The quantitative estimate of drug-likeness (QED) is 0.196. The predicted octanol–water partition coefficient (Wildman–Crippen LogP) is 4.29. The summed E-state index contributed by atoms with van der Waals surface area (Å²) >= 11 is 0. The minimum absolute atomic E-state index is 0.0112. The molecule has 2 heterocycles. The fourth-order valence-corrected chi connectivity index (χ4v) is 3.74. The third-order valence-electron chi connectivity index (χ3n) is 5.33. The first kappa shape index (κ1) is 22.1. The fourth-order valence-electron chi connectivity index (χ4n) is 3.74. The van der Waals surface area contributed by atoms with Crippen LogP contribution in [0.5, 0.6) is 11.8 Å². The number of nitrogens with zero attached hydrogens (tertiary/aromatic N) is 6. The Morgan fingerprint density at radius 3 is 1.36 bits per heavy atom. The molecule has 178 valence electrons. The van der Waals surface area contributed by atoms with Crippen LogP contribution in [0.1, 0.15) is 0 Å². The predicted molar refractivity (Wildman–Crippen MR) is 129 cm³/mol. The molecule has 0 radical (unpaired) electrons. The van der Waals surface area contributed by atoms with Gasteiger partial charge in [-0.2, -0.15) is 0 Å². The van der Waals surface area contributed by atoms with Crippen molar-refractivity contribution in [3.63, 3.8) is 0 Å². The summed E-state index contributed by atoms with van der Waals surface area (Å²) in [6.07, 6.45) is 2.08. The summed E-state index contributed by atoms with van der Waals surface area (Å²) in [5.74, 6) is -0.812. The number of nitrogens with one attached hydrogen (secondary N) is 2. The first-order chi connectivity index (χ1) is 17.3. The van der Waals surface area contributed by atoms with Crippen molar-refractivity contribution in [1.29, 1.82) is 0 Å². The smallest absolute Gasteiger partial charge is 0.295 e. The standard InChI is InChI=1S/C22H14N8O6/c31-21-17-13(5-7-15(29(33)34)19(17)23-9-25-21)27-11-1-2-12(4-3-11)28-14-6-8-16(30(35)36)20-18(14)22(32)26-10-24-20/h1-10,27-28H,(H,23,25,31)(H,24,26,32). The molecule has 36 heavy (non-hydrogen) atoms. The van der Waals surface area contributed by atoms with Crippen molar-refractivity contribution in [3.05, 3.63) is 81.4 Å². The Morgan fingerprint density at radius 1 is 0.611 bits per heavy atom. The van der Waals surface area contributed by atoms with Crippen LogP contribution in [0.2, 0.25) is 0 Å². The average molecular weight is 486 g/mol. The average Bonchev–Trinajstić information content (AvgIpc) is 2.85. The number of hydrogen-bond acceptors (Lipinski definition) is 12. The third kappa shape index (κ3) is 3.83. The molecule has 0 aliphatic rings. The van der Waals surface area contributed by atoms with Crippen LogP contribution in [0.3, 0.4) is 0 Å². The Balaban J connectivity index is 1.46. The Labute approximate surface area is 200 Å². The zero-order valence-corrected chi connectivity index (χ0v) is 18.0. The van der Waals surface area contributed by atoms with E-state index in [0.717, 1.165) is 12.7 Å². The van der Waals surface area contributed by atoms with Crippen LogP contribution in [-0.4, -0.2) is 40.0 Å². The highest BCUT2D eigenvalue weighted by Crippen LogP contribution is 2.38. The number of nitro benzene ring substituents is 2. The van der Waals surface area contributed by atoms with E-state index in [9.17, 15) is 30.4 Å². The molecule has 2 aromatic heterocycles. The summed E-state index contributed by atoms with van der Waals surface area (Å²) in [6, 6.07) is 12.2. The lowest BCUT2D eigenvalue weighted by Gasteiger charge is -2.13. The first-order valence-corrected chi connectivity index (χ1v) is 10.2. The highest BCUT2D eigenvalue weighted by atomic mass is 16.6. The van der Waals surface area contributed by atoms with Gasteiger partial charge in [0.2, 0.25) is 11.8 Å².